The lowest BCUT2D eigenvalue weighted by Gasteiger charge is -2.18. The molecule has 3 heteroatoms. The SMILES string of the molecule is CCCCCC(OCCCC)OC(=O)c1ccccc1. The second-order valence-corrected chi connectivity index (χ2v) is 4.92. The zero-order chi connectivity index (χ0) is 14.6. The number of unbranched alkanes of at least 4 members (excludes halogenated alkanes) is 3. The van der Waals surface area contributed by atoms with Gasteiger partial charge in [-0.05, 0) is 25.0 Å². The maximum atomic E-state index is 12.0. The zero-order valence-electron chi connectivity index (χ0n) is 12.6. The quantitative estimate of drug-likeness (QED) is 0.357. The summed E-state index contributed by atoms with van der Waals surface area (Å²) in [4.78, 5) is 12.0. The first kappa shape index (κ1) is 16.7. The second-order valence-electron chi connectivity index (χ2n) is 4.92. The summed E-state index contributed by atoms with van der Waals surface area (Å²) in [6, 6.07) is 9.07. The van der Waals surface area contributed by atoms with Crippen LogP contribution in [0.25, 0.3) is 0 Å². The maximum absolute atomic E-state index is 12.0. The van der Waals surface area contributed by atoms with Gasteiger partial charge < -0.3 is 9.47 Å². The lowest BCUT2D eigenvalue weighted by molar-refractivity contribution is -0.115. The number of benzene rings is 1. The van der Waals surface area contributed by atoms with Gasteiger partial charge in [0.25, 0.3) is 0 Å². The van der Waals surface area contributed by atoms with Crippen molar-refractivity contribution in [3.05, 3.63) is 35.9 Å². The Labute approximate surface area is 122 Å². The number of esters is 1. The van der Waals surface area contributed by atoms with Gasteiger partial charge in [-0.2, -0.15) is 0 Å². The third-order valence-corrected chi connectivity index (χ3v) is 3.09. The Hall–Kier alpha value is -1.35. The molecule has 0 saturated carbocycles. The minimum absolute atomic E-state index is 0.302. The summed E-state index contributed by atoms with van der Waals surface area (Å²) < 4.78 is 11.1. The van der Waals surface area contributed by atoms with Crippen LogP contribution in [-0.2, 0) is 9.47 Å². The van der Waals surface area contributed by atoms with Crippen LogP contribution in [0.1, 0.15) is 62.7 Å². The van der Waals surface area contributed by atoms with Crippen molar-refractivity contribution in [3.63, 3.8) is 0 Å². The second kappa shape index (κ2) is 10.4. The van der Waals surface area contributed by atoms with E-state index in [4.69, 9.17) is 9.47 Å². The molecule has 0 aromatic heterocycles. The van der Waals surface area contributed by atoms with Crippen LogP contribution in [0.3, 0.4) is 0 Å². The first-order valence-electron chi connectivity index (χ1n) is 7.65. The Balaban J connectivity index is 2.47. The molecule has 1 aromatic carbocycles. The summed E-state index contributed by atoms with van der Waals surface area (Å²) in [5.41, 5.74) is 0.576. The van der Waals surface area contributed by atoms with E-state index in [1.807, 2.05) is 18.2 Å². The van der Waals surface area contributed by atoms with Gasteiger partial charge in [0, 0.05) is 6.42 Å². The van der Waals surface area contributed by atoms with E-state index >= 15 is 0 Å². The Kier molecular flexibility index (Phi) is 8.72. The Bertz CT molecular complexity index is 352. The van der Waals surface area contributed by atoms with Gasteiger partial charge in [0.15, 0.2) is 0 Å². The molecule has 0 aliphatic heterocycles. The van der Waals surface area contributed by atoms with Crippen molar-refractivity contribution in [1.82, 2.24) is 0 Å². The van der Waals surface area contributed by atoms with Gasteiger partial charge in [0.1, 0.15) is 0 Å². The van der Waals surface area contributed by atoms with Crippen molar-refractivity contribution >= 4 is 5.97 Å². The van der Waals surface area contributed by atoms with E-state index in [1.165, 1.54) is 0 Å². The largest absolute Gasteiger partial charge is 0.432 e. The molecule has 0 bridgehead atoms. The lowest BCUT2D eigenvalue weighted by Crippen LogP contribution is -2.22. The molecular weight excluding hydrogens is 252 g/mol. The topological polar surface area (TPSA) is 35.5 Å². The van der Waals surface area contributed by atoms with Crippen LogP contribution >= 0.6 is 0 Å². The molecule has 0 N–H and O–H groups in total. The average molecular weight is 278 g/mol. The molecule has 0 amide bonds. The summed E-state index contributed by atoms with van der Waals surface area (Å²) >= 11 is 0. The Morgan fingerprint density at radius 1 is 1.05 bits per heavy atom. The fourth-order valence-corrected chi connectivity index (χ4v) is 1.86. The zero-order valence-corrected chi connectivity index (χ0v) is 12.6. The van der Waals surface area contributed by atoms with Crippen molar-refractivity contribution < 1.29 is 14.3 Å². The van der Waals surface area contributed by atoms with E-state index in [0.717, 1.165) is 38.5 Å². The van der Waals surface area contributed by atoms with E-state index in [2.05, 4.69) is 13.8 Å². The minimum atomic E-state index is -0.416. The monoisotopic (exact) mass is 278 g/mol. The lowest BCUT2D eigenvalue weighted by atomic mass is 10.2. The highest BCUT2D eigenvalue weighted by Gasteiger charge is 2.15. The van der Waals surface area contributed by atoms with Crippen molar-refractivity contribution in [2.75, 3.05) is 6.61 Å². The van der Waals surface area contributed by atoms with Gasteiger partial charge >= 0.3 is 5.97 Å². The highest BCUT2D eigenvalue weighted by molar-refractivity contribution is 5.89. The predicted molar refractivity (Wildman–Crippen MR) is 80.6 cm³/mol. The summed E-state index contributed by atoms with van der Waals surface area (Å²) in [6.07, 6.45) is 5.73. The van der Waals surface area contributed by atoms with Crippen LogP contribution in [0, 0.1) is 0 Å². The molecule has 1 rings (SSSR count). The molecule has 1 atom stereocenters. The van der Waals surface area contributed by atoms with Gasteiger partial charge in [0.05, 0.1) is 12.2 Å². The smallest absolute Gasteiger partial charge is 0.340 e. The molecule has 112 valence electrons. The first-order valence-corrected chi connectivity index (χ1v) is 7.65. The molecule has 1 aromatic rings. The molecule has 0 spiro atoms. The van der Waals surface area contributed by atoms with E-state index < -0.39 is 6.29 Å². The molecule has 0 fully saturated rings. The third-order valence-electron chi connectivity index (χ3n) is 3.09. The third kappa shape index (κ3) is 6.71. The molecule has 1 unspecified atom stereocenters. The Morgan fingerprint density at radius 3 is 2.40 bits per heavy atom. The highest BCUT2D eigenvalue weighted by Crippen LogP contribution is 2.12. The normalized spacial score (nSPS) is 12.1. The molecular formula is C17H26O3. The van der Waals surface area contributed by atoms with E-state index in [1.54, 1.807) is 12.1 Å². The number of carbonyl (C=O) groups is 1. The minimum Gasteiger partial charge on any atom is -0.432 e. The summed E-state index contributed by atoms with van der Waals surface area (Å²) in [7, 11) is 0. The fraction of sp³-hybridized carbons (Fsp3) is 0.588. The van der Waals surface area contributed by atoms with E-state index in [0.29, 0.717) is 12.2 Å². The number of hydrogen-bond acceptors (Lipinski definition) is 3. The van der Waals surface area contributed by atoms with Crippen LogP contribution < -0.4 is 0 Å². The summed E-state index contributed by atoms with van der Waals surface area (Å²) in [6.45, 7) is 4.92. The molecule has 3 nitrogen and oxygen atoms in total. The Morgan fingerprint density at radius 2 is 1.75 bits per heavy atom. The van der Waals surface area contributed by atoms with Gasteiger partial charge in [-0.25, -0.2) is 4.79 Å². The highest BCUT2D eigenvalue weighted by atomic mass is 16.7. The average Bonchev–Trinajstić information content (AvgIpc) is 2.48. The predicted octanol–water partition coefficient (Wildman–Crippen LogP) is 4.57. The number of ether oxygens (including phenoxy) is 2. The van der Waals surface area contributed by atoms with Crippen molar-refractivity contribution in [2.24, 2.45) is 0 Å². The maximum Gasteiger partial charge on any atom is 0.340 e. The van der Waals surface area contributed by atoms with Gasteiger partial charge in [0.2, 0.25) is 6.29 Å². The van der Waals surface area contributed by atoms with Crippen LogP contribution in [0.5, 0.6) is 0 Å². The molecule has 0 aliphatic carbocycles. The molecule has 20 heavy (non-hydrogen) atoms. The van der Waals surface area contributed by atoms with Crippen LogP contribution in [0.15, 0.2) is 30.3 Å². The van der Waals surface area contributed by atoms with Crippen LogP contribution in [-0.4, -0.2) is 18.9 Å². The molecule has 0 saturated heterocycles. The van der Waals surface area contributed by atoms with Gasteiger partial charge in [-0.1, -0.05) is 51.3 Å². The summed E-state index contributed by atoms with van der Waals surface area (Å²) in [5, 5.41) is 0. The van der Waals surface area contributed by atoms with E-state index in [-0.39, 0.29) is 5.97 Å². The van der Waals surface area contributed by atoms with Crippen molar-refractivity contribution in [1.29, 1.82) is 0 Å². The van der Waals surface area contributed by atoms with Crippen LogP contribution in [0.4, 0.5) is 0 Å². The van der Waals surface area contributed by atoms with E-state index in [9.17, 15) is 4.79 Å². The van der Waals surface area contributed by atoms with Crippen LogP contribution in [0.2, 0.25) is 0 Å². The number of hydrogen-bond donors (Lipinski definition) is 0. The number of rotatable bonds is 10. The number of carbonyl (C=O) groups excluding carboxylic acids is 1. The fourth-order valence-electron chi connectivity index (χ4n) is 1.86. The first-order chi connectivity index (χ1) is 9.77. The standard InChI is InChI=1S/C17H26O3/c1-3-5-8-13-16(19-14-6-4-2)20-17(18)15-11-9-7-10-12-15/h7,9-12,16H,3-6,8,13-14H2,1-2H3. The van der Waals surface area contributed by atoms with Crippen molar-refractivity contribution in [2.45, 2.75) is 58.7 Å². The van der Waals surface area contributed by atoms with Crippen molar-refractivity contribution in [3.8, 4) is 0 Å². The summed E-state index contributed by atoms with van der Waals surface area (Å²) in [5.74, 6) is -0.302. The van der Waals surface area contributed by atoms with Gasteiger partial charge in [-0.3, -0.25) is 0 Å². The molecule has 0 aliphatic rings. The van der Waals surface area contributed by atoms with Gasteiger partial charge in [-0.15, -0.1) is 0 Å². The molecule has 0 heterocycles. The molecule has 0 radical (unpaired) electrons.